The molecule has 0 saturated carbocycles. The van der Waals surface area contributed by atoms with Gasteiger partial charge in [0.05, 0.1) is 24.3 Å². The second-order valence-corrected chi connectivity index (χ2v) is 6.76. The molecule has 0 bridgehead atoms. The zero-order valence-corrected chi connectivity index (χ0v) is 16.1. The molecule has 1 aromatic heterocycles. The number of amides is 1. The Morgan fingerprint density at radius 1 is 1.33 bits per heavy atom. The highest BCUT2D eigenvalue weighted by Gasteiger charge is 2.29. The third-order valence-electron chi connectivity index (χ3n) is 3.82. The van der Waals surface area contributed by atoms with Gasteiger partial charge < -0.3 is 9.15 Å². The van der Waals surface area contributed by atoms with Gasteiger partial charge in [-0.05, 0) is 32.9 Å². The summed E-state index contributed by atoms with van der Waals surface area (Å²) >= 11 is 1.32. The standard InChI is InChI=1S/C19H19N3O4S/c1-4-25-18(24)16-9-15(26-13(16)3)10-20-21-19-22(17(23)11-27-19)14-7-5-12(2)6-8-14/h5-10H,4,11H2,1-3H3/b20-10+,21-19+. The summed E-state index contributed by atoms with van der Waals surface area (Å²) in [5.74, 6) is 0.670. The second kappa shape index (κ2) is 8.22. The number of hydrogen-bond acceptors (Lipinski definition) is 7. The molecule has 8 heteroatoms. The molecular weight excluding hydrogens is 366 g/mol. The number of hydrogen-bond donors (Lipinski definition) is 0. The first kappa shape index (κ1) is 18.9. The molecule has 0 radical (unpaired) electrons. The lowest BCUT2D eigenvalue weighted by Gasteiger charge is -2.15. The number of amidine groups is 1. The molecule has 2 aromatic rings. The third kappa shape index (κ3) is 4.28. The van der Waals surface area contributed by atoms with Crippen LogP contribution in [0.2, 0.25) is 0 Å². The molecule has 0 N–H and O–H groups in total. The molecule has 1 saturated heterocycles. The van der Waals surface area contributed by atoms with Gasteiger partial charge >= 0.3 is 5.97 Å². The molecule has 140 valence electrons. The summed E-state index contributed by atoms with van der Waals surface area (Å²) in [7, 11) is 0. The van der Waals surface area contributed by atoms with Gasteiger partial charge in [-0.1, -0.05) is 29.5 Å². The summed E-state index contributed by atoms with van der Waals surface area (Å²) in [6, 6.07) is 9.19. The van der Waals surface area contributed by atoms with E-state index in [0.717, 1.165) is 11.3 Å². The van der Waals surface area contributed by atoms with E-state index in [2.05, 4.69) is 10.2 Å². The van der Waals surface area contributed by atoms with Crippen molar-refractivity contribution in [1.29, 1.82) is 0 Å². The molecule has 3 rings (SSSR count). The van der Waals surface area contributed by atoms with Crippen molar-refractivity contribution >= 4 is 40.7 Å². The Morgan fingerprint density at radius 3 is 2.78 bits per heavy atom. The monoisotopic (exact) mass is 385 g/mol. The molecule has 0 unspecified atom stereocenters. The number of aryl methyl sites for hydroxylation is 2. The number of benzene rings is 1. The van der Waals surface area contributed by atoms with E-state index in [9.17, 15) is 9.59 Å². The predicted molar refractivity (Wildman–Crippen MR) is 106 cm³/mol. The first-order chi connectivity index (χ1) is 13.0. The third-order valence-corrected chi connectivity index (χ3v) is 4.73. The van der Waals surface area contributed by atoms with E-state index in [0.29, 0.717) is 34.6 Å². The lowest BCUT2D eigenvalue weighted by atomic mass is 10.2. The van der Waals surface area contributed by atoms with Gasteiger partial charge in [0, 0.05) is 6.07 Å². The zero-order chi connectivity index (χ0) is 19.4. The van der Waals surface area contributed by atoms with Gasteiger partial charge in [0.25, 0.3) is 0 Å². The highest BCUT2D eigenvalue weighted by Crippen LogP contribution is 2.27. The number of carbonyl (C=O) groups is 2. The molecule has 0 atom stereocenters. The average Bonchev–Trinajstić information content (AvgIpc) is 3.19. The van der Waals surface area contributed by atoms with Crippen molar-refractivity contribution in [2.45, 2.75) is 20.8 Å². The maximum absolute atomic E-state index is 12.2. The molecule has 1 aliphatic heterocycles. The van der Waals surface area contributed by atoms with Crippen molar-refractivity contribution in [2.24, 2.45) is 10.2 Å². The Balaban J connectivity index is 1.78. The molecule has 1 amide bonds. The van der Waals surface area contributed by atoms with Crippen molar-refractivity contribution in [3.8, 4) is 0 Å². The number of carbonyl (C=O) groups excluding carboxylic acids is 2. The molecule has 7 nitrogen and oxygen atoms in total. The number of nitrogens with zero attached hydrogens (tertiary/aromatic N) is 3. The topological polar surface area (TPSA) is 84.5 Å². The number of rotatable bonds is 5. The highest BCUT2D eigenvalue weighted by molar-refractivity contribution is 8.15. The molecule has 1 aromatic carbocycles. The fourth-order valence-electron chi connectivity index (χ4n) is 2.50. The SMILES string of the molecule is CCOC(=O)c1cc(/C=N/N=C2/SCC(=O)N2c2ccc(C)cc2)oc1C. The van der Waals surface area contributed by atoms with Gasteiger partial charge in [-0.3, -0.25) is 9.69 Å². The van der Waals surface area contributed by atoms with E-state index in [4.69, 9.17) is 9.15 Å². The number of ether oxygens (including phenoxy) is 1. The van der Waals surface area contributed by atoms with Gasteiger partial charge in [0.15, 0.2) is 5.17 Å². The molecular formula is C19H19N3O4S. The fraction of sp³-hybridized carbons (Fsp3) is 0.263. The van der Waals surface area contributed by atoms with Crippen LogP contribution < -0.4 is 4.90 Å². The number of thioether (sulfide) groups is 1. The van der Waals surface area contributed by atoms with Crippen molar-refractivity contribution in [2.75, 3.05) is 17.3 Å². The second-order valence-electron chi connectivity index (χ2n) is 5.82. The summed E-state index contributed by atoms with van der Waals surface area (Å²) in [4.78, 5) is 25.6. The maximum atomic E-state index is 12.2. The average molecular weight is 385 g/mol. The summed E-state index contributed by atoms with van der Waals surface area (Å²) in [5.41, 5.74) is 2.22. The normalized spacial score (nSPS) is 15.9. The van der Waals surface area contributed by atoms with Gasteiger partial charge in [-0.15, -0.1) is 5.10 Å². The molecule has 1 aliphatic rings. The molecule has 2 heterocycles. The van der Waals surface area contributed by atoms with Crippen LogP contribution in [0.1, 0.15) is 34.4 Å². The minimum atomic E-state index is -0.438. The van der Waals surface area contributed by atoms with Gasteiger partial charge in [0.1, 0.15) is 17.1 Å². The summed E-state index contributed by atoms with van der Waals surface area (Å²) in [6.45, 7) is 5.70. The summed E-state index contributed by atoms with van der Waals surface area (Å²) in [6.07, 6.45) is 1.40. The van der Waals surface area contributed by atoms with Crippen LogP contribution in [-0.4, -0.2) is 35.6 Å². The Labute approximate surface area is 161 Å². The van der Waals surface area contributed by atoms with E-state index < -0.39 is 5.97 Å². The first-order valence-electron chi connectivity index (χ1n) is 8.40. The lowest BCUT2D eigenvalue weighted by Crippen LogP contribution is -2.28. The van der Waals surface area contributed by atoms with Crippen molar-refractivity contribution in [3.63, 3.8) is 0 Å². The largest absolute Gasteiger partial charge is 0.462 e. The Kier molecular flexibility index (Phi) is 5.75. The Morgan fingerprint density at radius 2 is 2.07 bits per heavy atom. The Bertz CT molecular complexity index is 916. The summed E-state index contributed by atoms with van der Waals surface area (Å²) in [5, 5.41) is 8.66. The number of anilines is 1. The lowest BCUT2D eigenvalue weighted by molar-refractivity contribution is -0.115. The van der Waals surface area contributed by atoms with E-state index in [1.807, 2.05) is 31.2 Å². The number of furan rings is 1. The van der Waals surface area contributed by atoms with Crippen LogP contribution in [0.4, 0.5) is 5.69 Å². The first-order valence-corrected chi connectivity index (χ1v) is 9.39. The van der Waals surface area contributed by atoms with Crippen molar-refractivity contribution < 1.29 is 18.7 Å². The van der Waals surface area contributed by atoms with E-state index >= 15 is 0 Å². The van der Waals surface area contributed by atoms with Crippen LogP contribution in [0, 0.1) is 13.8 Å². The quantitative estimate of drug-likeness (QED) is 0.446. The van der Waals surface area contributed by atoms with Crippen LogP contribution in [0.3, 0.4) is 0 Å². The van der Waals surface area contributed by atoms with E-state index in [1.54, 1.807) is 24.8 Å². The van der Waals surface area contributed by atoms with Crippen LogP contribution in [0.5, 0.6) is 0 Å². The number of esters is 1. The van der Waals surface area contributed by atoms with Crippen LogP contribution in [0.15, 0.2) is 45.0 Å². The van der Waals surface area contributed by atoms with Gasteiger partial charge in [-0.2, -0.15) is 5.10 Å². The van der Waals surface area contributed by atoms with Crippen LogP contribution in [-0.2, 0) is 9.53 Å². The van der Waals surface area contributed by atoms with Gasteiger partial charge in [0.2, 0.25) is 5.91 Å². The zero-order valence-electron chi connectivity index (χ0n) is 15.3. The maximum Gasteiger partial charge on any atom is 0.341 e. The predicted octanol–water partition coefficient (Wildman–Crippen LogP) is 3.54. The highest BCUT2D eigenvalue weighted by atomic mass is 32.2. The molecule has 0 spiro atoms. The van der Waals surface area contributed by atoms with E-state index in [1.165, 1.54) is 18.0 Å². The van der Waals surface area contributed by atoms with Gasteiger partial charge in [-0.25, -0.2) is 4.79 Å². The Hall–Kier alpha value is -2.87. The van der Waals surface area contributed by atoms with E-state index in [-0.39, 0.29) is 5.91 Å². The molecule has 0 aliphatic carbocycles. The van der Waals surface area contributed by atoms with Crippen LogP contribution in [0.25, 0.3) is 0 Å². The minimum Gasteiger partial charge on any atom is -0.462 e. The van der Waals surface area contributed by atoms with Crippen LogP contribution >= 0.6 is 11.8 Å². The van der Waals surface area contributed by atoms with Crippen molar-refractivity contribution in [1.82, 2.24) is 0 Å². The molecule has 27 heavy (non-hydrogen) atoms. The summed E-state index contributed by atoms with van der Waals surface area (Å²) < 4.78 is 10.5. The van der Waals surface area contributed by atoms with Crippen molar-refractivity contribution in [3.05, 3.63) is 53.0 Å². The molecule has 1 fully saturated rings. The minimum absolute atomic E-state index is 0.0451. The smallest absolute Gasteiger partial charge is 0.341 e. The fourth-order valence-corrected chi connectivity index (χ4v) is 3.32.